The first kappa shape index (κ1) is 11.9. The lowest BCUT2D eigenvalue weighted by Gasteiger charge is -2.22. The third kappa shape index (κ3) is 2.10. The number of carbonyl (C=O) groups is 1. The summed E-state index contributed by atoms with van der Waals surface area (Å²) in [5, 5.41) is 3.36. The molecule has 2 fully saturated rings. The Bertz CT molecular complexity index is 273. The molecule has 1 heterocycles. The molecule has 2 rings (SSSR count). The van der Waals surface area contributed by atoms with Gasteiger partial charge in [-0.05, 0) is 30.6 Å². The van der Waals surface area contributed by atoms with E-state index in [1.807, 2.05) is 4.90 Å². The standard InChI is InChI=1S/C13H24N2O/c1-4-10(3)11-12(16)15(9-14-11)8-13(5-2)6-7-13/h10-11,14H,4-9H2,1-3H3. The molecule has 92 valence electrons. The highest BCUT2D eigenvalue weighted by Crippen LogP contribution is 2.49. The zero-order valence-electron chi connectivity index (χ0n) is 10.8. The lowest BCUT2D eigenvalue weighted by molar-refractivity contribution is -0.130. The highest BCUT2D eigenvalue weighted by Gasteiger charge is 2.45. The van der Waals surface area contributed by atoms with Gasteiger partial charge in [0, 0.05) is 6.54 Å². The van der Waals surface area contributed by atoms with E-state index in [0.717, 1.165) is 19.6 Å². The van der Waals surface area contributed by atoms with Gasteiger partial charge in [0.05, 0.1) is 12.7 Å². The van der Waals surface area contributed by atoms with Crippen molar-refractivity contribution in [2.24, 2.45) is 11.3 Å². The maximum atomic E-state index is 12.2. The second-order valence-corrected chi connectivity index (χ2v) is 5.62. The summed E-state index contributed by atoms with van der Waals surface area (Å²) in [6.07, 6.45) is 4.89. The zero-order valence-corrected chi connectivity index (χ0v) is 10.8. The molecule has 2 aliphatic rings. The van der Waals surface area contributed by atoms with Gasteiger partial charge in [-0.25, -0.2) is 0 Å². The second-order valence-electron chi connectivity index (χ2n) is 5.62. The number of carbonyl (C=O) groups excluding carboxylic acids is 1. The van der Waals surface area contributed by atoms with Gasteiger partial charge in [-0.2, -0.15) is 0 Å². The second kappa shape index (κ2) is 4.36. The normalized spacial score (nSPS) is 29.6. The fourth-order valence-corrected chi connectivity index (χ4v) is 2.59. The Labute approximate surface area is 98.6 Å². The molecule has 0 aromatic rings. The first-order valence-electron chi connectivity index (χ1n) is 6.64. The molecule has 3 nitrogen and oxygen atoms in total. The molecule has 1 aliphatic carbocycles. The van der Waals surface area contributed by atoms with Gasteiger partial charge in [0.15, 0.2) is 0 Å². The van der Waals surface area contributed by atoms with E-state index < -0.39 is 0 Å². The summed E-state index contributed by atoms with van der Waals surface area (Å²) < 4.78 is 0. The number of nitrogens with one attached hydrogen (secondary N) is 1. The van der Waals surface area contributed by atoms with Crippen molar-refractivity contribution >= 4 is 5.91 Å². The molecular weight excluding hydrogens is 200 g/mol. The van der Waals surface area contributed by atoms with Crippen LogP contribution in [0.4, 0.5) is 0 Å². The third-order valence-corrected chi connectivity index (χ3v) is 4.53. The molecule has 1 N–H and O–H groups in total. The summed E-state index contributed by atoms with van der Waals surface area (Å²) in [6.45, 7) is 8.29. The van der Waals surface area contributed by atoms with Crippen LogP contribution in [0, 0.1) is 11.3 Å². The summed E-state index contributed by atoms with van der Waals surface area (Å²) in [5.74, 6) is 0.781. The molecule has 1 saturated carbocycles. The van der Waals surface area contributed by atoms with Crippen LogP contribution in [-0.2, 0) is 4.79 Å². The fraction of sp³-hybridized carbons (Fsp3) is 0.923. The van der Waals surface area contributed by atoms with Crippen LogP contribution in [0.25, 0.3) is 0 Å². The first-order valence-corrected chi connectivity index (χ1v) is 6.64. The lowest BCUT2D eigenvalue weighted by atomic mass is 9.98. The molecule has 1 saturated heterocycles. The topological polar surface area (TPSA) is 32.3 Å². The van der Waals surface area contributed by atoms with Crippen LogP contribution < -0.4 is 5.32 Å². The molecular formula is C13H24N2O. The average molecular weight is 224 g/mol. The van der Waals surface area contributed by atoms with Crippen molar-refractivity contribution in [3.05, 3.63) is 0 Å². The average Bonchev–Trinajstić information content (AvgIpc) is 2.99. The molecule has 0 spiro atoms. The molecule has 1 aliphatic heterocycles. The lowest BCUT2D eigenvalue weighted by Crippen LogP contribution is -2.37. The maximum Gasteiger partial charge on any atom is 0.241 e. The van der Waals surface area contributed by atoms with E-state index in [1.54, 1.807) is 0 Å². The number of amides is 1. The van der Waals surface area contributed by atoms with Gasteiger partial charge in [0.1, 0.15) is 0 Å². The zero-order chi connectivity index (χ0) is 11.8. The maximum absolute atomic E-state index is 12.2. The summed E-state index contributed by atoms with van der Waals surface area (Å²) in [6, 6.07) is 0.0673. The molecule has 2 atom stereocenters. The van der Waals surface area contributed by atoms with Crippen molar-refractivity contribution in [2.45, 2.75) is 52.5 Å². The molecule has 2 unspecified atom stereocenters. The van der Waals surface area contributed by atoms with E-state index in [2.05, 4.69) is 26.1 Å². The number of nitrogens with zero attached hydrogens (tertiary/aromatic N) is 1. The van der Waals surface area contributed by atoms with E-state index >= 15 is 0 Å². The van der Waals surface area contributed by atoms with Crippen molar-refractivity contribution in [3.8, 4) is 0 Å². The van der Waals surface area contributed by atoms with Crippen molar-refractivity contribution in [3.63, 3.8) is 0 Å². The summed E-state index contributed by atoms with van der Waals surface area (Å²) in [4.78, 5) is 14.2. The van der Waals surface area contributed by atoms with E-state index in [1.165, 1.54) is 19.3 Å². The van der Waals surface area contributed by atoms with E-state index in [-0.39, 0.29) is 6.04 Å². The molecule has 16 heavy (non-hydrogen) atoms. The van der Waals surface area contributed by atoms with Crippen molar-refractivity contribution in [2.75, 3.05) is 13.2 Å². The fourth-order valence-electron chi connectivity index (χ4n) is 2.59. The third-order valence-electron chi connectivity index (χ3n) is 4.53. The Kier molecular flexibility index (Phi) is 3.24. The molecule has 0 bridgehead atoms. The first-order chi connectivity index (χ1) is 7.62. The van der Waals surface area contributed by atoms with Crippen LogP contribution in [0.15, 0.2) is 0 Å². The van der Waals surface area contributed by atoms with Gasteiger partial charge in [-0.3, -0.25) is 10.1 Å². The Morgan fingerprint density at radius 1 is 1.50 bits per heavy atom. The van der Waals surface area contributed by atoms with Crippen molar-refractivity contribution in [1.29, 1.82) is 0 Å². The minimum absolute atomic E-state index is 0.0673. The van der Waals surface area contributed by atoms with Gasteiger partial charge in [-0.15, -0.1) is 0 Å². The summed E-state index contributed by atoms with van der Waals surface area (Å²) in [7, 11) is 0. The minimum Gasteiger partial charge on any atom is -0.328 e. The summed E-state index contributed by atoms with van der Waals surface area (Å²) >= 11 is 0. The highest BCUT2D eigenvalue weighted by atomic mass is 16.2. The SMILES string of the molecule is CCC(C)C1NCN(CC2(CC)CC2)C1=O. The molecule has 0 aromatic carbocycles. The van der Waals surface area contributed by atoms with Crippen LogP contribution in [0.3, 0.4) is 0 Å². The van der Waals surface area contributed by atoms with Gasteiger partial charge < -0.3 is 4.90 Å². The Balaban J connectivity index is 1.92. The van der Waals surface area contributed by atoms with Crippen molar-refractivity contribution < 1.29 is 4.79 Å². The number of hydrogen-bond acceptors (Lipinski definition) is 2. The summed E-state index contributed by atoms with van der Waals surface area (Å²) in [5.41, 5.74) is 0.474. The van der Waals surface area contributed by atoms with Crippen LogP contribution in [-0.4, -0.2) is 30.1 Å². The predicted octanol–water partition coefficient (Wildman–Crippen LogP) is 1.98. The van der Waals surface area contributed by atoms with Crippen LogP contribution in [0.1, 0.15) is 46.5 Å². The molecule has 0 aromatic heterocycles. The van der Waals surface area contributed by atoms with Crippen LogP contribution in [0.2, 0.25) is 0 Å². The quantitative estimate of drug-likeness (QED) is 0.774. The highest BCUT2D eigenvalue weighted by molar-refractivity contribution is 5.84. The Morgan fingerprint density at radius 3 is 2.69 bits per heavy atom. The monoisotopic (exact) mass is 224 g/mol. The Morgan fingerprint density at radius 2 is 2.19 bits per heavy atom. The largest absolute Gasteiger partial charge is 0.328 e. The van der Waals surface area contributed by atoms with E-state index in [0.29, 0.717) is 17.2 Å². The predicted molar refractivity (Wildman–Crippen MR) is 64.9 cm³/mol. The van der Waals surface area contributed by atoms with Crippen LogP contribution in [0.5, 0.6) is 0 Å². The molecule has 3 heteroatoms. The van der Waals surface area contributed by atoms with Gasteiger partial charge in [-0.1, -0.05) is 27.2 Å². The Hall–Kier alpha value is -0.570. The molecule has 0 radical (unpaired) electrons. The van der Waals surface area contributed by atoms with E-state index in [4.69, 9.17) is 0 Å². The smallest absolute Gasteiger partial charge is 0.241 e. The van der Waals surface area contributed by atoms with Gasteiger partial charge in [0.25, 0.3) is 0 Å². The van der Waals surface area contributed by atoms with E-state index in [9.17, 15) is 4.79 Å². The molecule has 1 amide bonds. The minimum atomic E-state index is 0.0673. The number of rotatable bonds is 5. The number of hydrogen-bond donors (Lipinski definition) is 1. The van der Waals surface area contributed by atoms with Crippen molar-refractivity contribution in [1.82, 2.24) is 10.2 Å². The van der Waals surface area contributed by atoms with Gasteiger partial charge in [0.2, 0.25) is 5.91 Å². The van der Waals surface area contributed by atoms with Crippen LogP contribution >= 0.6 is 0 Å². The van der Waals surface area contributed by atoms with Gasteiger partial charge >= 0.3 is 0 Å².